The zero-order chi connectivity index (χ0) is 14.8. The second-order valence-corrected chi connectivity index (χ2v) is 7.73. The third kappa shape index (κ3) is 3.62. The first-order chi connectivity index (χ1) is 9.42. The molecule has 0 spiro atoms. The molecule has 0 aliphatic rings. The summed E-state index contributed by atoms with van der Waals surface area (Å²) in [4.78, 5) is 1.17. The van der Waals surface area contributed by atoms with Gasteiger partial charge < -0.3 is 10.2 Å². The van der Waals surface area contributed by atoms with Gasteiger partial charge in [0.15, 0.2) is 0 Å². The summed E-state index contributed by atoms with van der Waals surface area (Å²) in [6, 6.07) is 5.14. The van der Waals surface area contributed by atoms with Gasteiger partial charge in [-0.1, -0.05) is 11.6 Å². The van der Waals surface area contributed by atoms with Crippen LogP contribution in [0.15, 0.2) is 27.5 Å². The first-order valence-electron chi connectivity index (χ1n) is 5.95. The van der Waals surface area contributed by atoms with E-state index in [1.165, 1.54) is 17.4 Å². The Kier molecular flexibility index (Phi) is 4.87. The molecule has 0 saturated heterocycles. The molecule has 0 bridgehead atoms. The second-order valence-electron chi connectivity index (χ2n) is 4.19. The fourth-order valence-electron chi connectivity index (χ4n) is 1.76. The molecule has 20 heavy (non-hydrogen) atoms. The molecule has 0 unspecified atom stereocenters. The highest BCUT2D eigenvalue weighted by Crippen LogP contribution is 2.22. The molecule has 0 aliphatic heterocycles. The number of nitrogens with two attached hydrogens (primary N) is 1. The van der Waals surface area contributed by atoms with Crippen molar-refractivity contribution in [3.05, 3.63) is 38.9 Å². The lowest BCUT2D eigenvalue weighted by Crippen LogP contribution is -2.26. The molecule has 8 heteroatoms. The molecule has 3 N–H and O–H groups in total. The van der Waals surface area contributed by atoms with Crippen LogP contribution in [0.25, 0.3) is 0 Å². The van der Waals surface area contributed by atoms with Crippen molar-refractivity contribution in [3.8, 4) is 0 Å². The highest BCUT2D eigenvalue weighted by atomic mass is 35.5. The Bertz CT molecular complexity index is 691. The van der Waals surface area contributed by atoms with Gasteiger partial charge >= 0.3 is 0 Å². The molecule has 2 aromatic rings. The van der Waals surface area contributed by atoms with Gasteiger partial charge in [0.05, 0.1) is 10.9 Å². The van der Waals surface area contributed by atoms with Crippen LogP contribution in [-0.2, 0) is 23.0 Å². The number of hydrogen-bond donors (Lipinski definition) is 2. The van der Waals surface area contributed by atoms with Gasteiger partial charge in [-0.2, -0.15) is 0 Å². The van der Waals surface area contributed by atoms with Crippen LogP contribution in [0.4, 0.5) is 0 Å². The zero-order valence-electron chi connectivity index (χ0n) is 10.8. The van der Waals surface area contributed by atoms with Gasteiger partial charge in [-0.05, 0) is 25.5 Å². The van der Waals surface area contributed by atoms with E-state index < -0.39 is 10.0 Å². The minimum absolute atomic E-state index is 0.141. The Balaban J connectivity index is 2.01. The maximum absolute atomic E-state index is 12.1. The number of sulfonamides is 1. The first kappa shape index (κ1) is 15.5. The highest BCUT2D eigenvalue weighted by Gasteiger charge is 2.20. The van der Waals surface area contributed by atoms with Gasteiger partial charge in [-0.3, -0.25) is 0 Å². The van der Waals surface area contributed by atoms with Gasteiger partial charge in [0.1, 0.15) is 16.4 Å². The Morgan fingerprint density at radius 3 is 2.75 bits per heavy atom. The largest absolute Gasteiger partial charge is 0.464 e. The third-order valence-electron chi connectivity index (χ3n) is 2.71. The Labute approximate surface area is 126 Å². The van der Waals surface area contributed by atoms with Gasteiger partial charge in [-0.15, -0.1) is 11.3 Å². The van der Waals surface area contributed by atoms with Crippen molar-refractivity contribution in [1.82, 2.24) is 4.72 Å². The summed E-state index contributed by atoms with van der Waals surface area (Å²) >= 11 is 7.26. The molecule has 0 fully saturated rings. The van der Waals surface area contributed by atoms with Crippen molar-refractivity contribution in [2.75, 3.05) is 6.54 Å². The molecule has 0 aromatic carbocycles. The van der Waals surface area contributed by atoms with E-state index in [0.717, 1.165) is 4.88 Å². The minimum Gasteiger partial charge on any atom is -0.464 e. The van der Waals surface area contributed by atoms with Crippen LogP contribution in [0.2, 0.25) is 4.34 Å². The summed E-state index contributed by atoms with van der Waals surface area (Å²) in [5.74, 6) is 0.796. The lowest BCUT2D eigenvalue weighted by Gasteiger charge is -2.04. The van der Waals surface area contributed by atoms with Crippen LogP contribution in [0.1, 0.15) is 16.4 Å². The normalized spacial score (nSPS) is 11.9. The minimum atomic E-state index is -3.57. The Morgan fingerprint density at radius 2 is 2.20 bits per heavy atom. The Hall–Kier alpha value is -0.860. The molecular formula is C12H15ClN2O3S2. The second kappa shape index (κ2) is 6.28. The van der Waals surface area contributed by atoms with E-state index in [0.29, 0.717) is 28.8 Å². The summed E-state index contributed by atoms with van der Waals surface area (Å²) in [5, 5.41) is 0. The van der Waals surface area contributed by atoms with Gasteiger partial charge in [0.25, 0.3) is 0 Å². The van der Waals surface area contributed by atoms with Crippen LogP contribution >= 0.6 is 22.9 Å². The summed E-state index contributed by atoms with van der Waals surface area (Å²) in [7, 11) is -3.57. The van der Waals surface area contributed by atoms with E-state index in [9.17, 15) is 8.42 Å². The maximum atomic E-state index is 12.1. The average Bonchev–Trinajstić information content (AvgIpc) is 2.95. The molecule has 0 amide bonds. The quantitative estimate of drug-likeness (QED) is 0.848. The number of thiophene rings is 1. The average molecular weight is 335 g/mol. The smallest absolute Gasteiger partial charge is 0.244 e. The molecule has 0 atom stereocenters. The molecular weight excluding hydrogens is 320 g/mol. The summed E-state index contributed by atoms with van der Waals surface area (Å²) < 4.78 is 32.8. The van der Waals surface area contributed by atoms with Crippen molar-refractivity contribution in [1.29, 1.82) is 0 Å². The van der Waals surface area contributed by atoms with Gasteiger partial charge in [0.2, 0.25) is 10.0 Å². The van der Waals surface area contributed by atoms with Crippen LogP contribution in [0.5, 0.6) is 0 Å². The number of halogens is 1. The van der Waals surface area contributed by atoms with Crippen molar-refractivity contribution in [2.45, 2.75) is 24.8 Å². The van der Waals surface area contributed by atoms with E-state index in [-0.39, 0.29) is 11.4 Å². The summed E-state index contributed by atoms with van der Waals surface area (Å²) in [6.07, 6.45) is 0.595. The maximum Gasteiger partial charge on any atom is 0.244 e. The SMILES string of the molecule is Cc1oc(CN)cc1S(=O)(=O)NCCc1ccc(Cl)s1. The fraction of sp³-hybridized carbons (Fsp3) is 0.333. The van der Waals surface area contributed by atoms with E-state index >= 15 is 0 Å². The molecule has 0 radical (unpaired) electrons. The summed E-state index contributed by atoms with van der Waals surface area (Å²) in [5.41, 5.74) is 5.43. The van der Waals surface area contributed by atoms with Crippen molar-refractivity contribution >= 4 is 33.0 Å². The van der Waals surface area contributed by atoms with Crippen LogP contribution in [0, 0.1) is 6.92 Å². The summed E-state index contributed by atoms with van der Waals surface area (Å²) in [6.45, 7) is 2.08. The lowest BCUT2D eigenvalue weighted by molar-refractivity contribution is 0.478. The van der Waals surface area contributed by atoms with Crippen molar-refractivity contribution in [2.24, 2.45) is 5.73 Å². The van der Waals surface area contributed by atoms with Gasteiger partial charge in [-0.25, -0.2) is 13.1 Å². The molecule has 5 nitrogen and oxygen atoms in total. The lowest BCUT2D eigenvalue weighted by atomic mass is 10.3. The van der Waals surface area contributed by atoms with Crippen molar-refractivity contribution in [3.63, 3.8) is 0 Å². The predicted molar refractivity (Wildman–Crippen MR) is 79.6 cm³/mol. The molecule has 2 heterocycles. The van der Waals surface area contributed by atoms with Crippen molar-refractivity contribution < 1.29 is 12.8 Å². The monoisotopic (exact) mass is 334 g/mol. The van der Waals surface area contributed by atoms with E-state index in [2.05, 4.69) is 4.72 Å². The number of aryl methyl sites for hydroxylation is 1. The molecule has 110 valence electrons. The molecule has 2 aromatic heterocycles. The predicted octanol–water partition coefficient (Wildman–Crippen LogP) is 2.28. The van der Waals surface area contributed by atoms with E-state index in [4.69, 9.17) is 21.8 Å². The Morgan fingerprint density at radius 1 is 1.45 bits per heavy atom. The van der Waals surface area contributed by atoms with Crippen LogP contribution in [-0.4, -0.2) is 15.0 Å². The topological polar surface area (TPSA) is 85.3 Å². The molecule has 0 aliphatic carbocycles. The third-order valence-corrected chi connectivity index (χ3v) is 5.57. The van der Waals surface area contributed by atoms with Gasteiger partial charge in [0, 0.05) is 17.5 Å². The number of rotatable bonds is 6. The fourth-order valence-corrected chi connectivity index (χ4v) is 4.08. The number of hydrogen-bond acceptors (Lipinski definition) is 5. The molecule has 2 rings (SSSR count). The highest BCUT2D eigenvalue weighted by molar-refractivity contribution is 7.89. The van der Waals surface area contributed by atoms with E-state index in [1.807, 2.05) is 6.07 Å². The number of furan rings is 1. The zero-order valence-corrected chi connectivity index (χ0v) is 13.2. The molecule has 0 saturated carbocycles. The van der Waals surface area contributed by atoms with E-state index in [1.54, 1.807) is 13.0 Å². The first-order valence-corrected chi connectivity index (χ1v) is 8.63. The van der Waals surface area contributed by atoms with Crippen LogP contribution in [0.3, 0.4) is 0 Å². The standard InChI is InChI=1S/C12H15ClN2O3S2/c1-8-11(6-9(7-14)18-8)20(16,17)15-5-4-10-2-3-12(13)19-10/h2-3,6,15H,4-5,7,14H2,1H3. The number of nitrogens with one attached hydrogen (secondary N) is 1. The van der Waals surface area contributed by atoms with Crippen LogP contribution < -0.4 is 10.5 Å².